The van der Waals surface area contributed by atoms with E-state index in [4.69, 9.17) is 5.73 Å². The highest BCUT2D eigenvalue weighted by Crippen LogP contribution is 2.31. The van der Waals surface area contributed by atoms with E-state index in [0.717, 1.165) is 31.0 Å². The van der Waals surface area contributed by atoms with E-state index in [2.05, 4.69) is 5.32 Å². The fourth-order valence-electron chi connectivity index (χ4n) is 2.07. The van der Waals surface area contributed by atoms with E-state index in [9.17, 15) is 26.4 Å². The van der Waals surface area contributed by atoms with Crippen LogP contribution in [0.1, 0.15) is 18.4 Å². The normalized spacial score (nSPS) is 16.7. The minimum atomic E-state index is -4.65. The first-order valence-electron chi connectivity index (χ1n) is 7.29. The molecule has 1 aromatic carbocycles. The summed E-state index contributed by atoms with van der Waals surface area (Å²) in [5.41, 5.74) is 4.72. The summed E-state index contributed by atoms with van der Waals surface area (Å²) in [5, 5.41) is 2.49. The molecule has 2 rings (SSSR count). The molecular formula is C14H18F3N3O3S. The van der Waals surface area contributed by atoms with Crippen molar-refractivity contribution in [2.75, 3.05) is 13.1 Å². The molecule has 1 saturated carbocycles. The summed E-state index contributed by atoms with van der Waals surface area (Å²) in [6.07, 6.45) is -2.62. The molecule has 1 unspecified atom stereocenters. The summed E-state index contributed by atoms with van der Waals surface area (Å²) in [7, 11) is -4.22. The van der Waals surface area contributed by atoms with E-state index in [0.29, 0.717) is 12.0 Å². The summed E-state index contributed by atoms with van der Waals surface area (Å²) in [4.78, 5) is 11.1. The third-order valence-electron chi connectivity index (χ3n) is 3.66. The number of nitrogens with two attached hydrogens (primary N) is 1. The van der Waals surface area contributed by atoms with E-state index in [-0.39, 0.29) is 12.6 Å². The predicted octanol–water partition coefficient (Wildman–Crippen LogP) is 0.837. The molecule has 0 heterocycles. The van der Waals surface area contributed by atoms with Crippen LogP contribution in [0.5, 0.6) is 0 Å². The summed E-state index contributed by atoms with van der Waals surface area (Å²) in [6, 6.07) is 3.13. The third kappa shape index (κ3) is 5.18. The Hall–Kier alpha value is -1.65. The van der Waals surface area contributed by atoms with Gasteiger partial charge < -0.3 is 11.1 Å². The van der Waals surface area contributed by atoms with Crippen molar-refractivity contribution in [2.24, 2.45) is 11.7 Å². The summed E-state index contributed by atoms with van der Waals surface area (Å²) >= 11 is 0. The van der Waals surface area contributed by atoms with Gasteiger partial charge in [-0.3, -0.25) is 4.79 Å². The number of sulfonamides is 1. The van der Waals surface area contributed by atoms with Gasteiger partial charge in [0.05, 0.1) is 17.0 Å². The van der Waals surface area contributed by atoms with Gasteiger partial charge in [0.2, 0.25) is 15.9 Å². The molecule has 0 spiro atoms. The fraction of sp³-hybridized carbons (Fsp3) is 0.500. The Morgan fingerprint density at radius 2 is 2.00 bits per heavy atom. The van der Waals surface area contributed by atoms with Crippen LogP contribution in [0.15, 0.2) is 29.2 Å². The van der Waals surface area contributed by atoms with Gasteiger partial charge in [-0.05, 0) is 37.0 Å². The standard InChI is InChI=1S/C14H18F3N3O3S/c15-14(16,17)10-2-1-3-11(6-10)24(22,23)20-8-13(21)19-7-12(18)9-4-5-9/h1-3,6,9,12,20H,4-5,7-8,18H2,(H,19,21). The molecule has 24 heavy (non-hydrogen) atoms. The molecule has 6 nitrogen and oxygen atoms in total. The average Bonchev–Trinajstić information content (AvgIpc) is 3.35. The lowest BCUT2D eigenvalue weighted by Crippen LogP contribution is -2.43. The van der Waals surface area contributed by atoms with E-state index in [1.807, 2.05) is 4.72 Å². The Morgan fingerprint density at radius 1 is 1.33 bits per heavy atom. The van der Waals surface area contributed by atoms with Crippen molar-refractivity contribution in [1.29, 1.82) is 0 Å². The van der Waals surface area contributed by atoms with Crippen molar-refractivity contribution in [3.63, 3.8) is 0 Å². The number of halogens is 3. The van der Waals surface area contributed by atoms with E-state index in [1.54, 1.807) is 0 Å². The lowest BCUT2D eigenvalue weighted by molar-refractivity contribution is -0.137. The summed E-state index contributed by atoms with van der Waals surface area (Å²) < 4.78 is 63.8. The molecule has 10 heteroatoms. The topological polar surface area (TPSA) is 101 Å². The molecule has 0 saturated heterocycles. The molecule has 0 radical (unpaired) electrons. The quantitative estimate of drug-likeness (QED) is 0.666. The minimum Gasteiger partial charge on any atom is -0.353 e. The van der Waals surface area contributed by atoms with Gasteiger partial charge in [-0.25, -0.2) is 13.1 Å². The van der Waals surface area contributed by atoms with Gasteiger partial charge in [0.15, 0.2) is 0 Å². The number of nitrogens with one attached hydrogen (secondary N) is 2. The second-order valence-corrected chi connectivity index (χ2v) is 7.42. The van der Waals surface area contributed by atoms with Crippen molar-refractivity contribution >= 4 is 15.9 Å². The van der Waals surface area contributed by atoms with Crippen LogP contribution in [-0.2, 0) is 21.0 Å². The number of hydrogen-bond acceptors (Lipinski definition) is 4. The van der Waals surface area contributed by atoms with Crippen molar-refractivity contribution in [1.82, 2.24) is 10.0 Å². The zero-order valence-electron chi connectivity index (χ0n) is 12.6. The molecule has 1 atom stereocenters. The molecule has 1 amide bonds. The van der Waals surface area contributed by atoms with E-state index < -0.39 is 39.1 Å². The number of amides is 1. The third-order valence-corrected chi connectivity index (χ3v) is 5.06. The smallest absolute Gasteiger partial charge is 0.353 e. The Kier molecular flexibility index (Phi) is 5.51. The highest BCUT2D eigenvalue weighted by atomic mass is 32.2. The number of carbonyl (C=O) groups is 1. The number of hydrogen-bond donors (Lipinski definition) is 3. The second-order valence-electron chi connectivity index (χ2n) is 5.66. The molecule has 0 bridgehead atoms. The molecule has 1 fully saturated rings. The zero-order chi connectivity index (χ0) is 18.0. The monoisotopic (exact) mass is 365 g/mol. The van der Waals surface area contributed by atoms with Gasteiger partial charge in [-0.2, -0.15) is 13.2 Å². The van der Waals surface area contributed by atoms with Crippen LogP contribution in [0.2, 0.25) is 0 Å². The van der Waals surface area contributed by atoms with Crippen LogP contribution < -0.4 is 15.8 Å². The zero-order valence-corrected chi connectivity index (χ0v) is 13.5. The van der Waals surface area contributed by atoms with Gasteiger partial charge in [0, 0.05) is 12.6 Å². The van der Waals surface area contributed by atoms with Gasteiger partial charge in [0.1, 0.15) is 0 Å². The summed E-state index contributed by atoms with van der Waals surface area (Å²) in [5.74, 6) is -0.214. The first-order valence-corrected chi connectivity index (χ1v) is 8.77. The molecule has 1 aromatic rings. The fourth-order valence-corrected chi connectivity index (χ4v) is 3.10. The van der Waals surface area contributed by atoms with Crippen molar-refractivity contribution in [3.05, 3.63) is 29.8 Å². The second kappa shape index (κ2) is 7.08. The molecule has 1 aliphatic rings. The predicted molar refractivity (Wildman–Crippen MR) is 80.3 cm³/mol. The molecule has 1 aliphatic carbocycles. The van der Waals surface area contributed by atoms with Crippen LogP contribution >= 0.6 is 0 Å². The maximum absolute atomic E-state index is 12.6. The molecule has 0 aliphatic heterocycles. The molecule has 0 aromatic heterocycles. The van der Waals surface area contributed by atoms with Crippen molar-refractivity contribution in [3.8, 4) is 0 Å². The van der Waals surface area contributed by atoms with Crippen LogP contribution in [0.3, 0.4) is 0 Å². The Labute approximate surface area is 137 Å². The maximum Gasteiger partial charge on any atom is 0.416 e. The number of rotatable bonds is 7. The molecule has 4 N–H and O–H groups in total. The van der Waals surface area contributed by atoms with Crippen LogP contribution in [-0.4, -0.2) is 33.5 Å². The van der Waals surface area contributed by atoms with E-state index >= 15 is 0 Å². The SMILES string of the molecule is NC(CNC(=O)CNS(=O)(=O)c1cccc(C(F)(F)F)c1)C1CC1. The summed E-state index contributed by atoms with van der Waals surface area (Å²) in [6.45, 7) is -0.343. The number of alkyl halides is 3. The first kappa shape index (κ1) is 18.7. The van der Waals surface area contributed by atoms with Gasteiger partial charge >= 0.3 is 6.18 Å². The van der Waals surface area contributed by atoms with Crippen molar-refractivity contribution in [2.45, 2.75) is 30.0 Å². The minimum absolute atomic E-state index is 0.172. The van der Waals surface area contributed by atoms with Gasteiger partial charge in [-0.1, -0.05) is 6.07 Å². The lowest BCUT2D eigenvalue weighted by Gasteiger charge is -2.13. The number of benzene rings is 1. The molecule has 134 valence electrons. The Bertz CT molecular complexity index is 703. The largest absolute Gasteiger partial charge is 0.416 e. The highest BCUT2D eigenvalue weighted by Gasteiger charge is 2.32. The van der Waals surface area contributed by atoms with E-state index in [1.165, 1.54) is 0 Å². The lowest BCUT2D eigenvalue weighted by atomic mass is 10.2. The van der Waals surface area contributed by atoms with Crippen LogP contribution in [0.25, 0.3) is 0 Å². The van der Waals surface area contributed by atoms with Gasteiger partial charge in [-0.15, -0.1) is 0 Å². The maximum atomic E-state index is 12.6. The van der Waals surface area contributed by atoms with Crippen LogP contribution in [0, 0.1) is 5.92 Å². The first-order chi connectivity index (χ1) is 11.1. The molecular weight excluding hydrogens is 347 g/mol. The van der Waals surface area contributed by atoms with Crippen LogP contribution in [0.4, 0.5) is 13.2 Å². The highest BCUT2D eigenvalue weighted by molar-refractivity contribution is 7.89. The van der Waals surface area contributed by atoms with Crippen molar-refractivity contribution < 1.29 is 26.4 Å². The van der Waals surface area contributed by atoms with Gasteiger partial charge in [0.25, 0.3) is 0 Å². The Morgan fingerprint density at radius 3 is 2.58 bits per heavy atom. The number of carbonyl (C=O) groups excluding carboxylic acids is 1. The average molecular weight is 365 g/mol. The Balaban J connectivity index is 1.92.